The van der Waals surface area contributed by atoms with Gasteiger partial charge in [0, 0.05) is 6.42 Å². The van der Waals surface area contributed by atoms with Crippen LogP contribution in [0.3, 0.4) is 0 Å². The number of carbonyl (C=O) groups excluding carboxylic acids is 1. The third kappa shape index (κ3) is 3.06. The van der Waals surface area contributed by atoms with Crippen LogP contribution in [0.15, 0.2) is 60.8 Å². The van der Waals surface area contributed by atoms with Gasteiger partial charge in [-0.05, 0) is 37.6 Å². The fraction of sp³-hybridized carbons (Fsp3) is 0.250. The topological polar surface area (TPSA) is 69.0 Å². The normalized spacial score (nSPS) is 16.0. The standard InChI is InChI=1S/C20H20N4O2/c1-20(2,18-13-24(23-22-18)15-9-4-3-5-10-15)21-19(25)17-12-14-8-6-7-11-16(14)26-17/h3-11,13,17H,12H2,1-2H3,(H,21,25)/t17-/m1/s1. The molecule has 0 saturated carbocycles. The zero-order valence-electron chi connectivity index (χ0n) is 14.7. The number of ether oxygens (including phenoxy) is 1. The van der Waals surface area contributed by atoms with Crippen LogP contribution in [-0.4, -0.2) is 27.0 Å². The van der Waals surface area contributed by atoms with Crippen LogP contribution in [-0.2, 0) is 16.8 Å². The summed E-state index contributed by atoms with van der Waals surface area (Å²) in [7, 11) is 0. The maximum Gasteiger partial charge on any atom is 0.262 e. The number of rotatable bonds is 4. The molecule has 1 amide bonds. The summed E-state index contributed by atoms with van der Waals surface area (Å²) in [6.07, 6.45) is 1.89. The molecule has 0 fully saturated rings. The molecule has 6 heteroatoms. The Morgan fingerprint density at radius 3 is 2.65 bits per heavy atom. The lowest BCUT2D eigenvalue weighted by Crippen LogP contribution is -2.47. The van der Waals surface area contributed by atoms with Crippen molar-refractivity contribution in [2.24, 2.45) is 0 Å². The van der Waals surface area contributed by atoms with Crippen LogP contribution in [0.1, 0.15) is 25.1 Å². The van der Waals surface area contributed by atoms with Gasteiger partial charge in [-0.15, -0.1) is 5.10 Å². The fourth-order valence-corrected chi connectivity index (χ4v) is 3.04. The fourth-order valence-electron chi connectivity index (χ4n) is 3.04. The van der Waals surface area contributed by atoms with Gasteiger partial charge in [-0.25, -0.2) is 4.68 Å². The molecule has 4 rings (SSSR count). The molecule has 1 N–H and O–H groups in total. The number of nitrogens with zero attached hydrogens (tertiary/aromatic N) is 3. The number of para-hydroxylation sites is 2. The molecule has 0 unspecified atom stereocenters. The molecule has 26 heavy (non-hydrogen) atoms. The van der Waals surface area contributed by atoms with Crippen molar-refractivity contribution in [1.82, 2.24) is 20.3 Å². The molecular formula is C20H20N4O2. The first kappa shape index (κ1) is 16.3. The van der Waals surface area contributed by atoms with E-state index < -0.39 is 11.6 Å². The molecule has 6 nitrogen and oxygen atoms in total. The summed E-state index contributed by atoms with van der Waals surface area (Å²) < 4.78 is 7.47. The number of hydrogen-bond acceptors (Lipinski definition) is 4. The van der Waals surface area contributed by atoms with Crippen molar-refractivity contribution in [3.05, 3.63) is 72.1 Å². The van der Waals surface area contributed by atoms with E-state index in [1.54, 1.807) is 4.68 Å². The predicted octanol–water partition coefficient (Wildman–Crippen LogP) is 2.62. The average Bonchev–Trinajstić information content (AvgIpc) is 3.30. The van der Waals surface area contributed by atoms with Crippen molar-refractivity contribution in [2.45, 2.75) is 31.9 Å². The first-order valence-electron chi connectivity index (χ1n) is 8.58. The van der Waals surface area contributed by atoms with Crippen molar-refractivity contribution >= 4 is 5.91 Å². The summed E-state index contributed by atoms with van der Waals surface area (Å²) in [5, 5.41) is 11.4. The van der Waals surface area contributed by atoms with Crippen LogP contribution in [0, 0.1) is 0 Å². The van der Waals surface area contributed by atoms with Crippen molar-refractivity contribution in [3.63, 3.8) is 0 Å². The van der Waals surface area contributed by atoms with Crippen LogP contribution in [0.25, 0.3) is 5.69 Å². The minimum Gasteiger partial charge on any atom is -0.480 e. The first-order valence-corrected chi connectivity index (χ1v) is 8.58. The van der Waals surface area contributed by atoms with Gasteiger partial charge in [0.05, 0.1) is 17.4 Å². The van der Waals surface area contributed by atoms with Crippen LogP contribution >= 0.6 is 0 Å². The second-order valence-corrected chi connectivity index (χ2v) is 6.92. The van der Waals surface area contributed by atoms with Crippen LogP contribution in [0.4, 0.5) is 0 Å². The van der Waals surface area contributed by atoms with Gasteiger partial charge in [0.25, 0.3) is 5.91 Å². The van der Waals surface area contributed by atoms with E-state index >= 15 is 0 Å². The Labute approximate surface area is 151 Å². The molecule has 3 aromatic rings. The summed E-state index contributed by atoms with van der Waals surface area (Å²) in [5.41, 5.74) is 2.00. The van der Waals surface area contributed by atoms with Crippen molar-refractivity contribution in [2.75, 3.05) is 0 Å². The maximum atomic E-state index is 12.7. The molecule has 0 aliphatic carbocycles. The summed E-state index contributed by atoms with van der Waals surface area (Å²) in [6, 6.07) is 17.5. The Morgan fingerprint density at radius 1 is 1.15 bits per heavy atom. The van der Waals surface area contributed by atoms with Crippen molar-refractivity contribution in [3.8, 4) is 11.4 Å². The number of hydrogen-bond donors (Lipinski definition) is 1. The van der Waals surface area contributed by atoms with Crippen molar-refractivity contribution in [1.29, 1.82) is 0 Å². The molecular weight excluding hydrogens is 328 g/mol. The Balaban J connectivity index is 1.48. The molecule has 132 valence electrons. The second-order valence-electron chi connectivity index (χ2n) is 6.92. The third-order valence-electron chi connectivity index (χ3n) is 4.53. The summed E-state index contributed by atoms with van der Waals surface area (Å²) in [4.78, 5) is 12.7. The summed E-state index contributed by atoms with van der Waals surface area (Å²) in [5.74, 6) is 0.626. The SMILES string of the molecule is CC(C)(NC(=O)[C@H]1Cc2ccccc2O1)c1cn(-c2ccccc2)nn1. The number of carbonyl (C=O) groups is 1. The van der Waals surface area contributed by atoms with Gasteiger partial charge in [0.1, 0.15) is 11.4 Å². The van der Waals surface area contributed by atoms with E-state index in [9.17, 15) is 4.79 Å². The highest BCUT2D eigenvalue weighted by atomic mass is 16.5. The van der Waals surface area contributed by atoms with E-state index in [1.807, 2.05) is 74.6 Å². The molecule has 1 aromatic heterocycles. The van der Waals surface area contributed by atoms with E-state index in [-0.39, 0.29) is 5.91 Å². The highest BCUT2D eigenvalue weighted by Crippen LogP contribution is 2.29. The van der Waals surface area contributed by atoms with Crippen LogP contribution in [0.2, 0.25) is 0 Å². The Morgan fingerprint density at radius 2 is 1.88 bits per heavy atom. The number of amides is 1. The molecule has 0 saturated heterocycles. The van der Waals surface area contributed by atoms with Gasteiger partial charge in [0.2, 0.25) is 0 Å². The Kier molecular flexibility index (Phi) is 3.95. The quantitative estimate of drug-likeness (QED) is 0.787. The molecule has 0 radical (unpaired) electrons. The zero-order valence-corrected chi connectivity index (χ0v) is 14.7. The predicted molar refractivity (Wildman–Crippen MR) is 97.1 cm³/mol. The average molecular weight is 348 g/mol. The molecule has 2 aromatic carbocycles. The zero-order chi connectivity index (χ0) is 18.1. The van der Waals surface area contributed by atoms with E-state index in [0.29, 0.717) is 12.1 Å². The molecule has 0 bridgehead atoms. The van der Waals surface area contributed by atoms with E-state index in [1.165, 1.54) is 0 Å². The lowest BCUT2D eigenvalue weighted by Gasteiger charge is -2.25. The maximum absolute atomic E-state index is 12.7. The van der Waals surface area contributed by atoms with Gasteiger partial charge in [-0.1, -0.05) is 41.6 Å². The Hall–Kier alpha value is -3.15. The minimum absolute atomic E-state index is 0.152. The number of benzene rings is 2. The van der Waals surface area contributed by atoms with E-state index in [4.69, 9.17) is 4.74 Å². The van der Waals surface area contributed by atoms with E-state index in [2.05, 4.69) is 15.6 Å². The molecule has 0 spiro atoms. The van der Waals surface area contributed by atoms with Gasteiger partial charge >= 0.3 is 0 Å². The summed E-state index contributed by atoms with van der Waals surface area (Å²) >= 11 is 0. The van der Waals surface area contributed by atoms with Crippen LogP contribution < -0.4 is 10.1 Å². The molecule has 2 heterocycles. The summed E-state index contributed by atoms with van der Waals surface area (Å²) in [6.45, 7) is 3.82. The van der Waals surface area contributed by atoms with Gasteiger partial charge in [-0.2, -0.15) is 0 Å². The highest BCUT2D eigenvalue weighted by molar-refractivity contribution is 5.83. The number of fused-ring (bicyclic) bond motifs is 1. The first-order chi connectivity index (χ1) is 12.5. The molecule has 1 atom stereocenters. The monoisotopic (exact) mass is 348 g/mol. The lowest BCUT2D eigenvalue weighted by molar-refractivity contribution is -0.129. The third-order valence-corrected chi connectivity index (χ3v) is 4.53. The lowest BCUT2D eigenvalue weighted by atomic mass is 10.0. The Bertz CT molecular complexity index is 909. The second kappa shape index (κ2) is 6.29. The van der Waals surface area contributed by atoms with E-state index in [0.717, 1.165) is 17.0 Å². The van der Waals surface area contributed by atoms with Gasteiger partial charge in [-0.3, -0.25) is 4.79 Å². The number of aromatic nitrogens is 3. The largest absolute Gasteiger partial charge is 0.480 e. The molecule has 1 aliphatic rings. The number of nitrogens with one attached hydrogen (secondary N) is 1. The minimum atomic E-state index is -0.664. The highest BCUT2D eigenvalue weighted by Gasteiger charge is 2.34. The smallest absolute Gasteiger partial charge is 0.262 e. The van der Waals surface area contributed by atoms with Gasteiger partial charge < -0.3 is 10.1 Å². The van der Waals surface area contributed by atoms with Crippen molar-refractivity contribution < 1.29 is 9.53 Å². The van der Waals surface area contributed by atoms with Gasteiger partial charge in [0.15, 0.2) is 6.10 Å². The van der Waals surface area contributed by atoms with Crippen LogP contribution in [0.5, 0.6) is 5.75 Å². The molecule has 1 aliphatic heterocycles.